The maximum absolute atomic E-state index is 12.8. The molecule has 11 nitrogen and oxygen atoms in total. The fourth-order valence-corrected chi connectivity index (χ4v) is 8.02. The highest BCUT2D eigenvalue weighted by Gasteiger charge is 2.18. The first kappa shape index (κ1) is 44.4. The number of hydrogen-bond donors (Lipinski definition) is 0. The highest BCUT2D eigenvalue weighted by molar-refractivity contribution is 7.91. The second-order valence-corrected chi connectivity index (χ2v) is 17.2. The van der Waals surface area contributed by atoms with Crippen LogP contribution in [0.15, 0.2) is 189 Å². The van der Waals surface area contributed by atoms with Crippen molar-refractivity contribution in [2.24, 2.45) is 0 Å². The molecule has 0 saturated heterocycles. The fourth-order valence-electron chi connectivity index (χ4n) is 5.50. The molecule has 7 aromatic carbocycles. The van der Waals surface area contributed by atoms with E-state index in [0.717, 1.165) is 33.8 Å². The van der Waals surface area contributed by atoms with E-state index >= 15 is 0 Å². The molecule has 308 valence electrons. The Hall–Kier alpha value is -6.74. The third-order valence-corrected chi connectivity index (χ3v) is 12.3. The molecule has 0 unspecified atom stereocenters. The minimum Gasteiger partial charge on any atom is -0.497 e. The summed E-state index contributed by atoms with van der Waals surface area (Å²) in [6, 6.07) is 49.2. The summed E-state index contributed by atoms with van der Waals surface area (Å²) in [5.74, 6) is 4.01. The predicted molar refractivity (Wildman–Crippen MR) is 227 cm³/mol. The van der Waals surface area contributed by atoms with Crippen LogP contribution in [-0.4, -0.2) is 43.7 Å². The Bertz CT molecular complexity index is 2800. The summed E-state index contributed by atoms with van der Waals surface area (Å²) < 4.78 is 98.0. The SMILES string of the molecule is COc1ccc(-c2ccc(Oc3ccc(S(=O)(=O)c4ccc(C)cc4)cc3)cc2)cc1.COc1ccc(Oc2ccc(S(=O)(=O)c3ccc(C)cc3)cc2)cc1.O=S(=O)=O. The van der Waals surface area contributed by atoms with Crippen LogP contribution in [0.1, 0.15) is 11.1 Å². The Balaban J connectivity index is 0.000000213. The summed E-state index contributed by atoms with van der Waals surface area (Å²) >= 11 is 0. The lowest BCUT2D eigenvalue weighted by Crippen LogP contribution is -2.01. The largest absolute Gasteiger partial charge is 0.497 e. The number of benzene rings is 7. The predicted octanol–water partition coefficient (Wildman–Crippen LogP) is 9.92. The van der Waals surface area contributed by atoms with E-state index in [2.05, 4.69) is 0 Å². The number of methoxy groups -OCH3 is 2. The van der Waals surface area contributed by atoms with Crippen molar-refractivity contribution >= 4 is 30.3 Å². The Morgan fingerprint density at radius 2 is 0.533 bits per heavy atom. The highest BCUT2D eigenvalue weighted by Crippen LogP contribution is 2.30. The lowest BCUT2D eigenvalue weighted by Gasteiger charge is -2.09. The van der Waals surface area contributed by atoms with E-state index in [1.165, 1.54) is 0 Å². The van der Waals surface area contributed by atoms with Crippen LogP contribution in [-0.2, 0) is 30.3 Å². The minimum absolute atomic E-state index is 0.235. The summed E-state index contributed by atoms with van der Waals surface area (Å²) in [6.07, 6.45) is 0. The Morgan fingerprint density at radius 1 is 0.333 bits per heavy atom. The van der Waals surface area contributed by atoms with Gasteiger partial charge in [0.1, 0.15) is 34.5 Å². The maximum atomic E-state index is 12.8. The van der Waals surface area contributed by atoms with Gasteiger partial charge in [0.2, 0.25) is 19.7 Å². The summed E-state index contributed by atoms with van der Waals surface area (Å²) in [5.41, 5.74) is 4.18. The zero-order chi connectivity index (χ0) is 43.3. The lowest BCUT2D eigenvalue weighted by molar-refractivity contribution is 0.413. The van der Waals surface area contributed by atoms with E-state index in [1.54, 1.807) is 136 Å². The van der Waals surface area contributed by atoms with Gasteiger partial charge >= 0.3 is 10.6 Å². The zero-order valence-electron chi connectivity index (χ0n) is 32.9. The van der Waals surface area contributed by atoms with E-state index in [9.17, 15) is 16.8 Å². The monoisotopic (exact) mass is 864 g/mol. The van der Waals surface area contributed by atoms with Crippen LogP contribution >= 0.6 is 0 Å². The lowest BCUT2D eigenvalue weighted by atomic mass is 10.1. The highest BCUT2D eigenvalue weighted by atomic mass is 32.2. The molecule has 0 bridgehead atoms. The third-order valence-electron chi connectivity index (χ3n) is 8.74. The smallest absolute Gasteiger partial charge is 0.425 e. The molecule has 0 heterocycles. The normalized spacial score (nSPS) is 10.8. The van der Waals surface area contributed by atoms with Gasteiger partial charge in [-0.25, -0.2) is 16.8 Å². The molecule has 14 heteroatoms. The van der Waals surface area contributed by atoms with E-state index in [1.807, 2.05) is 62.4 Å². The van der Waals surface area contributed by atoms with Crippen LogP contribution in [0.25, 0.3) is 11.1 Å². The molecular weight excluding hydrogens is 825 g/mol. The molecule has 0 aromatic heterocycles. The van der Waals surface area contributed by atoms with Gasteiger partial charge in [-0.3, -0.25) is 0 Å². The van der Waals surface area contributed by atoms with Gasteiger partial charge in [0.15, 0.2) is 0 Å². The number of hydrogen-bond acceptors (Lipinski definition) is 11. The van der Waals surface area contributed by atoms with Crippen molar-refractivity contribution in [2.45, 2.75) is 33.4 Å². The Morgan fingerprint density at radius 3 is 0.800 bits per heavy atom. The van der Waals surface area contributed by atoms with Crippen LogP contribution in [0, 0.1) is 13.8 Å². The quantitative estimate of drug-likeness (QED) is 0.122. The first-order chi connectivity index (χ1) is 28.7. The fraction of sp³-hybridized carbons (Fsp3) is 0.0870. The molecule has 7 aromatic rings. The van der Waals surface area contributed by atoms with Gasteiger partial charge in [0.25, 0.3) is 0 Å². The average molecular weight is 865 g/mol. The Kier molecular flexibility index (Phi) is 15.0. The summed E-state index contributed by atoms with van der Waals surface area (Å²) in [4.78, 5) is 1.03. The summed E-state index contributed by atoms with van der Waals surface area (Å²) in [5, 5.41) is 0. The second-order valence-electron chi connectivity index (χ2n) is 12.9. The number of aryl methyl sites for hydroxylation is 2. The molecule has 0 atom stereocenters. The molecule has 0 radical (unpaired) electrons. The van der Waals surface area contributed by atoms with Crippen LogP contribution in [0.5, 0.6) is 34.5 Å². The van der Waals surface area contributed by atoms with Gasteiger partial charge in [-0.05, 0) is 146 Å². The van der Waals surface area contributed by atoms with Crippen LogP contribution < -0.4 is 18.9 Å². The van der Waals surface area contributed by atoms with Gasteiger partial charge in [-0.1, -0.05) is 59.7 Å². The van der Waals surface area contributed by atoms with Crippen molar-refractivity contribution in [2.75, 3.05) is 14.2 Å². The first-order valence-corrected chi connectivity index (χ1v) is 22.0. The molecule has 60 heavy (non-hydrogen) atoms. The summed E-state index contributed by atoms with van der Waals surface area (Å²) in [6.45, 7) is 3.84. The van der Waals surface area contributed by atoms with Gasteiger partial charge in [-0.15, -0.1) is 12.6 Å². The van der Waals surface area contributed by atoms with Crippen molar-refractivity contribution in [3.63, 3.8) is 0 Å². The van der Waals surface area contributed by atoms with E-state index in [4.69, 9.17) is 31.6 Å². The van der Waals surface area contributed by atoms with E-state index in [0.29, 0.717) is 23.0 Å². The Labute approximate surface area is 351 Å². The van der Waals surface area contributed by atoms with Crippen molar-refractivity contribution in [3.8, 4) is 45.6 Å². The maximum Gasteiger partial charge on any atom is 0.425 e. The number of sulfone groups is 2. The van der Waals surface area contributed by atoms with Crippen LogP contribution in [0.4, 0.5) is 0 Å². The molecule has 0 spiro atoms. The summed E-state index contributed by atoms with van der Waals surface area (Å²) in [7, 11) is -6.94. The van der Waals surface area contributed by atoms with Crippen molar-refractivity contribution in [1.29, 1.82) is 0 Å². The van der Waals surface area contributed by atoms with Crippen LogP contribution in [0.3, 0.4) is 0 Å². The first-order valence-electron chi connectivity index (χ1n) is 18.0. The third kappa shape index (κ3) is 12.1. The van der Waals surface area contributed by atoms with Crippen LogP contribution in [0.2, 0.25) is 0 Å². The van der Waals surface area contributed by atoms with Crippen molar-refractivity contribution < 1.29 is 48.4 Å². The molecule has 0 saturated carbocycles. The van der Waals surface area contributed by atoms with Gasteiger partial charge < -0.3 is 18.9 Å². The molecule has 0 aliphatic rings. The zero-order valence-corrected chi connectivity index (χ0v) is 35.3. The topological polar surface area (TPSA) is 156 Å². The van der Waals surface area contributed by atoms with Gasteiger partial charge in [-0.2, -0.15) is 0 Å². The number of ether oxygens (including phenoxy) is 4. The van der Waals surface area contributed by atoms with E-state index < -0.39 is 30.3 Å². The molecule has 7 rings (SSSR count). The standard InChI is InChI=1S/C26H22O4S.C20H18O4S.O3S/c1-19-3-15-25(16-4-19)31(27,28)26-17-13-24(14-18-26)30-23-11-7-21(8-12-23)20-5-9-22(29-2)10-6-20;1-15-3-11-19(12-4-15)25(21,22)20-13-9-18(10-14-20)24-17-7-5-16(23-2)6-8-17;1-4(2)3/h3-18H,1-2H3;3-14H,1-2H3;. The molecule has 0 fully saturated rings. The molecule has 0 N–H and O–H groups in total. The molecule has 0 aliphatic heterocycles. The van der Waals surface area contributed by atoms with Crippen molar-refractivity contribution in [3.05, 3.63) is 181 Å². The molecule has 0 amide bonds. The second kappa shape index (κ2) is 20.3. The van der Waals surface area contributed by atoms with E-state index in [-0.39, 0.29) is 19.6 Å². The molecular formula is C46H40O11S3. The number of rotatable bonds is 11. The minimum atomic E-state index is -3.55. The van der Waals surface area contributed by atoms with Crippen molar-refractivity contribution in [1.82, 2.24) is 0 Å². The van der Waals surface area contributed by atoms with Gasteiger partial charge in [0.05, 0.1) is 33.8 Å². The average Bonchev–Trinajstić information content (AvgIpc) is 3.25. The molecule has 0 aliphatic carbocycles. The van der Waals surface area contributed by atoms with Gasteiger partial charge in [0, 0.05) is 0 Å².